The summed E-state index contributed by atoms with van der Waals surface area (Å²) in [5.74, 6) is -1.89. The highest BCUT2D eigenvalue weighted by molar-refractivity contribution is 8.15. The number of nitrogens with zero attached hydrogens (tertiary/aromatic N) is 1. The average molecular weight is 350 g/mol. The molecule has 1 aliphatic heterocycles. The second-order valence-electron chi connectivity index (χ2n) is 5.53. The maximum atomic E-state index is 12.5. The van der Waals surface area contributed by atoms with Crippen LogP contribution in [0.2, 0.25) is 0 Å². The Balaban J connectivity index is 2.03. The third-order valence-corrected chi connectivity index (χ3v) is 4.58. The molecule has 0 aromatic heterocycles. The van der Waals surface area contributed by atoms with Crippen LogP contribution in [0.15, 0.2) is 18.2 Å². The molecule has 128 valence electrons. The van der Waals surface area contributed by atoms with Gasteiger partial charge in [0.15, 0.2) is 0 Å². The Kier molecular flexibility index (Phi) is 5.61. The molecule has 2 rings (SSSR count). The molecule has 1 aromatic carbocycles. The van der Waals surface area contributed by atoms with E-state index in [0.29, 0.717) is 5.69 Å². The van der Waals surface area contributed by atoms with Gasteiger partial charge in [0.05, 0.1) is 12.1 Å². The summed E-state index contributed by atoms with van der Waals surface area (Å²) in [5.41, 5.74) is 2.36. The van der Waals surface area contributed by atoms with Gasteiger partial charge in [-0.15, -0.1) is 0 Å². The number of carbonyl (C=O) groups excluding carboxylic acids is 3. The number of nitrogens with one attached hydrogen (secondary N) is 1. The van der Waals surface area contributed by atoms with Gasteiger partial charge in [0.1, 0.15) is 5.25 Å². The smallest absolute Gasteiger partial charge is 0.305 e. The van der Waals surface area contributed by atoms with Crippen molar-refractivity contribution in [1.29, 1.82) is 0 Å². The number of aliphatic carboxylic acids is 1. The van der Waals surface area contributed by atoms with Crippen molar-refractivity contribution in [3.8, 4) is 0 Å². The quantitative estimate of drug-likeness (QED) is 0.811. The van der Waals surface area contributed by atoms with Gasteiger partial charge in [0.25, 0.3) is 5.24 Å². The van der Waals surface area contributed by atoms with Crippen molar-refractivity contribution < 1.29 is 24.3 Å². The van der Waals surface area contributed by atoms with Gasteiger partial charge in [-0.2, -0.15) is 0 Å². The highest BCUT2D eigenvalue weighted by atomic mass is 32.2. The number of benzene rings is 1. The largest absolute Gasteiger partial charge is 0.481 e. The number of carbonyl (C=O) groups is 4. The molecular formula is C16H18N2O5S. The Morgan fingerprint density at radius 3 is 2.62 bits per heavy atom. The van der Waals surface area contributed by atoms with E-state index in [1.807, 2.05) is 26.0 Å². The van der Waals surface area contributed by atoms with Crippen LogP contribution in [-0.4, -0.2) is 39.9 Å². The van der Waals surface area contributed by atoms with Gasteiger partial charge in [0, 0.05) is 13.0 Å². The molecule has 1 fully saturated rings. The zero-order valence-corrected chi connectivity index (χ0v) is 14.2. The van der Waals surface area contributed by atoms with Crippen molar-refractivity contribution in [2.75, 3.05) is 11.4 Å². The van der Waals surface area contributed by atoms with E-state index in [2.05, 4.69) is 5.32 Å². The molecule has 2 N–H and O–H groups in total. The predicted molar refractivity (Wildman–Crippen MR) is 90.1 cm³/mol. The Morgan fingerprint density at radius 1 is 1.29 bits per heavy atom. The maximum Gasteiger partial charge on any atom is 0.305 e. The molecule has 1 aromatic rings. The summed E-state index contributed by atoms with van der Waals surface area (Å²) in [4.78, 5) is 48.0. The molecule has 1 saturated heterocycles. The molecule has 0 radical (unpaired) electrons. The van der Waals surface area contributed by atoms with Crippen LogP contribution in [0.1, 0.15) is 24.0 Å². The number of anilines is 1. The molecular weight excluding hydrogens is 332 g/mol. The lowest BCUT2D eigenvalue weighted by atomic mass is 10.1. The van der Waals surface area contributed by atoms with E-state index >= 15 is 0 Å². The van der Waals surface area contributed by atoms with E-state index in [1.165, 1.54) is 0 Å². The van der Waals surface area contributed by atoms with E-state index in [0.717, 1.165) is 27.8 Å². The third-order valence-electron chi connectivity index (χ3n) is 3.55. The van der Waals surface area contributed by atoms with Crippen molar-refractivity contribution in [3.05, 3.63) is 29.3 Å². The second kappa shape index (κ2) is 7.48. The predicted octanol–water partition coefficient (Wildman–Crippen LogP) is 1.85. The Labute approximate surface area is 143 Å². The normalized spacial score (nSPS) is 17.2. The zero-order valence-electron chi connectivity index (χ0n) is 13.4. The SMILES string of the molecule is Cc1ccc(N2C(=O)SC(CC(=O)NCCC(=O)O)C2=O)c(C)c1. The fraction of sp³-hybridized carbons (Fsp3) is 0.375. The van der Waals surface area contributed by atoms with Gasteiger partial charge in [-0.25, -0.2) is 4.90 Å². The van der Waals surface area contributed by atoms with Crippen molar-refractivity contribution in [2.24, 2.45) is 0 Å². The maximum absolute atomic E-state index is 12.5. The zero-order chi connectivity index (χ0) is 17.9. The van der Waals surface area contributed by atoms with Crippen LogP contribution in [0, 0.1) is 13.8 Å². The summed E-state index contributed by atoms with van der Waals surface area (Å²) in [6.45, 7) is 3.73. The highest BCUT2D eigenvalue weighted by Crippen LogP contribution is 2.35. The van der Waals surface area contributed by atoms with Gasteiger partial charge in [-0.05, 0) is 37.2 Å². The monoisotopic (exact) mass is 350 g/mol. The standard InChI is InChI=1S/C16H18N2O5S/c1-9-3-4-11(10(2)7-9)18-15(22)12(24-16(18)23)8-13(19)17-6-5-14(20)21/h3-4,7,12H,5-6,8H2,1-2H3,(H,17,19)(H,20,21). The summed E-state index contributed by atoms with van der Waals surface area (Å²) >= 11 is 0.818. The average Bonchev–Trinajstić information content (AvgIpc) is 2.74. The molecule has 0 spiro atoms. The molecule has 7 nitrogen and oxygen atoms in total. The number of carboxylic acids is 1. The first kappa shape index (κ1) is 18.0. The van der Waals surface area contributed by atoms with Crippen molar-refractivity contribution in [3.63, 3.8) is 0 Å². The number of amides is 3. The Bertz CT molecular complexity index is 704. The van der Waals surface area contributed by atoms with Crippen LogP contribution >= 0.6 is 11.8 Å². The lowest BCUT2D eigenvalue weighted by molar-refractivity contribution is -0.137. The van der Waals surface area contributed by atoms with E-state index in [-0.39, 0.29) is 19.4 Å². The molecule has 1 heterocycles. The molecule has 0 aliphatic carbocycles. The number of aryl methyl sites for hydroxylation is 2. The summed E-state index contributed by atoms with van der Waals surface area (Å²) in [7, 11) is 0. The summed E-state index contributed by atoms with van der Waals surface area (Å²) in [6.07, 6.45) is -0.346. The molecule has 0 saturated carbocycles. The molecule has 0 bridgehead atoms. The third kappa shape index (κ3) is 4.14. The fourth-order valence-corrected chi connectivity index (χ4v) is 3.39. The first-order chi connectivity index (χ1) is 11.3. The lowest BCUT2D eigenvalue weighted by Crippen LogP contribution is -2.35. The van der Waals surface area contributed by atoms with Gasteiger partial charge >= 0.3 is 5.97 Å². The number of hydrogen-bond acceptors (Lipinski definition) is 5. The minimum absolute atomic E-state index is 0.00548. The van der Waals surface area contributed by atoms with Crippen LogP contribution in [0.5, 0.6) is 0 Å². The highest BCUT2D eigenvalue weighted by Gasteiger charge is 2.41. The van der Waals surface area contributed by atoms with Gasteiger partial charge in [-0.3, -0.25) is 19.2 Å². The number of carboxylic acid groups (broad SMARTS) is 1. The minimum Gasteiger partial charge on any atom is -0.481 e. The number of thioether (sulfide) groups is 1. The van der Waals surface area contributed by atoms with Gasteiger partial charge in [0.2, 0.25) is 11.8 Å². The first-order valence-electron chi connectivity index (χ1n) is 7.40. The van der Waals surface area contributed by atoms with Crippen LogP contribution in [0.25, 0.3) is 0 Å². The van der Waals surface area contributed by atoms with E-state index in [9.17, 15) is 19.2 Å². The fourth-order valence-electron chi connectivity index (χ4n) is 2.41. The van der Waals surface area contributed by atoms with Crippen molar-refractivity contribution in [1.82, 2.24) is 5.32 Å². The lowest BCUT2D eigenvalue weighted by Gasteiger charge is -2.16. The van der Waals surface area contributed by atoms with Crippen LogP contribution in [-0.2, 0) is 14.4 Å². The molecule has 3 amide bonds. The van der Waals surface area contributed by atoms with Gasteiger partial charge in [-0.1, -0.05) is 17.7 Å². The van der Waals surface area contributed by atoms with Crippen LogP contribution in [0.4, 0.5) is 10.5 Å². The Morgan fingerprint density at radius 2 is 2.00 bits per heavy atom. The number of hydrogen-bond donors (Lipinski definition) is 2. The molecule has 8 heteroatoms. The summed E-state index contributed by atoms with van der Waals surface area (Å²) < 4.78 is 0. The first-order valence-corrected chi connectivity index (χ1v) is 8.28. The molecule has 1 aliphatic rings. The van der Waals surface area contributed by atoms with E-state index < -0.39 is 28.3 Å². The van der Waals surface area contributed by atoms with Crippen LogP contribution < -0.4 is 10.2 Å². The van der Waals surface area contributed by atoms with Crippen molar-refractivity contribution in [2.45, 2.75) is 31.9 Å². The summed E-state index contributed by atoms with van der Waals surface area (Å²) in [6, 6.07) is 5.42. The summed E-state index contributed by atoms with van der Waals surface area (Å²) in [5, 5.41) is 9.77. The van der Waals surface area contributed by atoms with Gasteiger partial charge < -0.3 is 10.4 Å². The number of imide groups is 1. The minimum atomic E-state index is -1.02. The molecule has 1 unspecified atom stereocenters. The van der Waals surface area contributed by atoms with Crippen molar-refractivity contribution >= 4 is 40.5 Å². The van der Waals surface area contributed by atoms with E-state index in [1.54, 1.807) is 6.07 Å². The Hall–Kier alpha value is -2.35. The van der Waals surface area contributed by atoms with E-state index in [4.69, 9.17) is 5.11 Å². The molecule has 1 atom stereocenters. The topological polar surface area (TPSA) is 104 Å². The molecule has 24 heavy (non-hydrogen) atoms. The van der Waals surface area contributed by atoms with Crippen LogP contribution in [0.3, 0.4) is 0 Å². The number of rotatable bonds is 6. The second-order valence-corrected chi connectivity index (χ2v) is 6.69.